The van der Waals surface area contributed by atoms with E-state index in [9.17, 15) is 9.59 Å². The Labute approximate surface area is 91.2 Å². The molecule has 0 bridgehead atoms. The molecule has 0 aliphatic heterocycles. The van der Waals surface area contributed by atoms with Gasteiger partial charge < -0.3 is 4.74 Å². The zero-order chi connectivity index (χ0) is 11.1. The summed E-state index contributed by atoms with van der Waals surface area (Å²) in [6.45, 7) is 0.774. The van der Waals surface area contributed by atoms with Crippen molar-refractivity contribution in [3.05, 3.63) is 0 Å². The van der Waals surface area contributed by atoms with Crippen LogP contribution in [0.25, 0.3) is 0 Å². The molecule has 1 unspecified atom stereocenters. The number of Topliss-reactive ketones (excluding diaryl/α,β-unsaturated/α-hetero) is 2. The van der Waals surface area contributed by atoms with Crippen LogP contribution in [0.3, 0.4) is 0 Å². The molecule has 0 radical (unpaired) electrons. The number of ketones is 2. The summed E-state index contributed by atoms with van der Waals surface area (Å²) in [7, 11) is 1.69. The topological polar surface area (TPSA) is 43.4 Å². The lowest BCUT2D eigenvalue weighted by molar-refractivity contribution is -0.124. The van der Waals surface area contributed by atoms with E-state index in [4.69, 9.17) is 4.74 Å². The van der Waals surface area contributed by atoms with E-state index in [0.717, 1.165) is 32.3 Å². The van der Waals surface area contributed by atoms with Gasteiger partial charge in [-0.25, -0.2) is 0 Å². The van der Waals surface area contributed by atoms with Crippen LogP contribution < -0.4 is 0 Å². The molecule has 0 spiro atoms. The quantitative estimate of drug-likeness (QED) is 0.607. The van der Waals surface area contributed by atoms with Crippen LogP contribution in [0.15, 0.2) is 0 Å². The van der Waals surface area contributed by atoms with Gasteiger partial charge in [0.25, 0.3) is 0 Å². The zero-order valence-electron chi connectivity index (χ0n) is 9.46. The van der Waals surface area contributed by atoms with E-state index in [2.05, 4.69) is 0 Å². The Kier molecular flexibility index (Phi) is 5.54. The van der Waals surface area contributed by atoms with Gasteiger partial charge in [0.15, 0.2) is 0 Å². The average Bonchev–Trinajstić information content (AvgIpc) is 2.64. The third-order valence-electron chi connectivity index (χ3n) is 2.97. The fourth-order valence-corrected chi connectivity index (χ4v) is 2.02. The smallest absolute Gasteiger partial charge is 0.136 e. The second-order valence-corrected chi connectivity index (χ2v) is 4.25. The SMILES string of the molecule is COCCCCCC(=O)C1CCC(=O)C1. The van der Waals surface area contributed by atoms with Gasteiger partial charge in [0.2, 0.25) is 0 Å². The maximum atomic E-state index is 11.6. The van der Waals surface area contributed by atoms with Crippen LogP contribution in [0.1, 0.15) is 44.9 Å². The van der Waals surface area contributed by atoms with E-state index >= 15 is 0 Å². The van der Waals surface area contributed by atoms with Gasteiger partial charge in [-0.3, -0.25) is 9.59 Å². The van der Waals surface area contributed by atoms with Gasteiger partial charge in [-0.2, -0.15) is 0 Å². The molecule has 0 amide bonds. The third-order valence-corrected chi connectivity index (χ3v) is 2.97. The minimum atomic E-state index is 0.0416. The number of carbonyl (C=O) groups is 2. The van der Waals surface area contributed by atoms with Gasteiger partial charge in [0, 0.05) is 38.9 Å². The summed E-state index contributed by atoms with van der Waals surface area (Å²) in [5.74, 6) is 0.589. The van der Waals surface area contributed by atoms with Crippen molar-refractivity contribution in [3.8, 4) is 0 Å². The minimum Gasteiger partial charge on any atom is -0.385 e. The number of rotatable bonds is 7. The van der Waals surface area contributed by atoms with Gasteiger partial charge in [0.1, 0.15) is 11.6 Å². The number of carbonyl (C=O) groups excluding carboxylic acids is 2. The van der Waals surface area contributed by atoms with Crippen molar-refractivity contribution >= 4 is 11.6 Å². The Bertz CT molecular complexity index is 223. The number of unbranched alkanes of at least 4 members (excludes halogenated alkanes) is 2. The lowest BCUT2D eigenvalue weighted by Crippen LogP contribution is -2.11. The molecule has 0 saturated heterocycles. The van der Waals surface area contributed by atoms with Crippen LogP contribution in [-0.2, 0) is 14.3 Å². The molecule has 0 N–H and O–H groups in total. The summed E-state index contributed by atoms with van der Waals surface area (Å²) >= 11 is 0. The van der Waals surface area contributed by atoms with Gasteiger partial charge in [-0.15, -0.1) is 0 Å². The largest absolute Gasteiger partial charge is 0.385 e. The van der Waals surface area contributed by atoms with Gasteiger partial charge in [0.05, 0.1) is 0 Å². The van der Waals surface area contributed by atoms with E-state index in [0.29, 0.717) is 25.0 Å². The summed E-state index contributed by atoms with van der Waals surface area (Å²) in [5, 5.41) is 0. The minimum absolute atomic E-state index is 0.0416. The Hall–Kier alpha value is -0.700. The van der Waals surface area contributed by atoms with E-state index in [1.165, 1.54) is 0 Å². The van der Waals surface area contributed by atoms with Gasteiger partial charge in [-0.05, 0) is 19.3 Å². The van der Waals surface area contributed by atoms with Crippen molar-refractivity contribution in [2.75, 3.05) is 13.7 Å². The number of hydrogen-bond donors (Lipinski definition) is 0. The molecule has 86 valence electrons. The van der Waals surface area contributed by atoms with Crippen molar-refractivity contribution in [3.63, 3.8) is 0 Å². The first-order valence-corrected chi connectivity index (χ1v) is 5.77. The molecule has 0 aromatic carbocycles. The van der Waals surface area contributed by atoms with Gasteiger partial charge in [-0.1, -0.05) is 6.42 Å². The first kappa shape index (κ1) is 12.4. The standard InChI is InChI=1S/C12H20O3/c1-15-8-4-2-3-5-12(14)10-6-7-11(13)9-10/h10H,2-9H2,1H3. The van der Waals surface area contributed by atoms with Crippen LogP contribution in [0.5, 0.6) is 0 Å². The second-order valence-electron chi connectivity index (χ2n) is 4.25. The molecule has 1 aliphatic rings. The van der Waals surface area contributed by atoms with Gasteiger partial charge >= 0.3 is 0 Å². The van der Waals surface area contributed by atoms with E-state index in [-0.39, 0.29) is 11.7 Å². The first-order chi connectivity index (χ1) is 7.24. The molecule has 1 saturated carbocycles. The Morgan fingerprint density at radius 3 is 2.80 bits per heavy atom. The Balaban J connectivity index is 2.06. The predicted octanol–water partition coefficient (Wildman–Crippen LogP) is 2.13. The highest BCUT2D eigenvalue weighted by molar-refractivity contribution is 5.90. The molecule has 1 aliphatic carbocycles. The number of hydrogen-bond acceptors (Lipinski definition) is 3. The fourth-order valence-electron chi connectivity index (χ4n) is 2.02. The van der Waals surface area contributed by atoms with Crippen molar-refractivity contribution in [2.24, 2.45) is 5.92 Å². The third kappa shape index (κ3) is 4.56. The Morgan fingerprint density at radius 2 is 2.20 bits per heavy atom. The van der Waals surface area contributed by atoms with Crippen LogP contribution in [0.4, 0.5) is 0 Å². The predicted molar refractivity (Wildman–Crippen MR) is 57.7 cm³/mol. The molecule has 15 heavy (non-hydrogen) atoms. The molecule has 3 nitrogen and oxygen atoms in total. The molecule has 1 rings (SSSR count). The highest BCUT2D eigenvalue weighted by Gasteiger charge is 2.27. The maximum absolute atomic E-state index is 11.6. The van der Waals surface area contributed by atoms with E-state index in [1.54, 1.807) is 7.11 Å². The molecule has 0 aromatic rings. The maximum Gasteiger partial charge on any atom is 0.136 e. The van der Waals surface area contributed by atoms with Crippen molar-refractivity contribution < 1.29 is 14.3 Å². The van der Waals surface area contributed by atoms with Crippen molar-refractivity contribution in [2.45, 2.75) is 44.9 Å². The van der Waals surface area contributed by atoms with E-state index < -0.39 is 0 Å². The first-order valence-electron chi connectivity index (χ1n) is 5.77. The fraction of sp³-hybridized carbons (Fsp3) is 0.833. The average molecular weight is 212 g/mol. The Morgan fingerprint density at radius 1 is 1.40 bits per heavy atom. The van der Waals surface area contributed by atoms with Crippen LogP contribution in [-0.4, -0.2) is 25.3 Å². The normalized spacial score (nSPS) is 20.9. The van der Waals surface area contributed by atoms with Crippen molar-refractivity contribution in [1.82, 2.24) is 0 Å². The highest BCUT2D eigenvalue weighted by Crippen LogP contribution is 2.24. The summed E-state index contributed by atoms with van der Waals surface area (Å²) in [6, 6.07) is 0. The molecule has 0 aromatic heterocycles. The second kappa shape index (κ2) is 6.72. The van der Waals surface area contributed by atoms with E-state index in [1.807, 2.05) is 0 Å². The zero-order valence-corrected chi connectivity index (χ0v) is 9.46. The molecular weight excluding hydrogens is 192 g/mol. The molecule has 1 atom stereocenters. The molecule has 3 heteroatoms. The highest BCUT2D eigenvalue weighted by atomic mass is 16.5. The van der Waals surface area contributed by atoms with Crippen molar-refractivity contribution in [1.29, 1.82) is 0 Å². The summed E-state index contributed by atoms with van der Waals surface area (Å²) in [5.41, 5.74) is 0. The lowest BCUT2D eigenvalue weighted by Gasteiger charge is -2.06. The lowest BCUT2D eigenvalue weighted by atomic mass is 9.98. The summed E-state index contributed by atoms with van der Waals surface area (Å²) in [4.78, 5) is 22.6. The monoisotopic (exact) mass is 212 g/mol. The molecular formula is C12H20O3. The number of methoxy groups -OCH3 is 1. The molecule has 0 heterocycles. The van der Waals surface area contributed by atoms with Crippen LogP contribution >= 0.6 is 0 Å². The van der Waals surface area contributed by atoms with Crippen LogP contribution in [0, 0.1) is 5.92 Å². The van der Waals surface area contributed by atoms with Crippen LogP contribution in [0.2, 0.25) is 0 Å². The summed E-state index contributed by atoms with van der Waals surface area (Å²) in [6.07, 6.45) is 5.54. The number of ether oxygens (including phenoxy) is 1. The summed E-state index contributed by atoms with van der Waals surface area (Å²) < 4.78 is 4.93. The molecule has 1 fully saturated rings.